The summed E-state index contributed by atoms with van der Waals surface area (Å²) in [5, 5.41) is 1.09. The van der Waals surface area contributed by atoms with Crippen LogP contribution in [0.4, 0.5) is 0 Å². The highest BCUT2D eigenvalue weighted by atomic mass is 32.2. The van der Waals surface area contributed by atoms with Gasteiger partial charge in [-0.05, 0) is 26.5 Å². The SMILES string of the molecule is C[C@@H]([C@H](C)S(C)(=O)=O)N(C)Cc1ccc([Si](C)(C)C)cc1. The molecule has 0 saturated carbocycles. The van der Waals surface area contributed by atoms with Crippen LogP contribution >= 0.6 is 0 Å². The molecule has 0 radical (unpaired) electrons. The summed E-state index contributed by atoms with van der Waals surface area (Å²) in [6, 6.07) is 8.78. The number of hydrogen-bond donors (Lipinski definition) is 0. The van der Waals surface area contributed by atoms with Crippen LogP contribution < -0.4 is 5.19 Å². The molecule has 0 aliphatic carbocycles. The lowest BCUT2D eigenvalue weighted by molar-refractivity contribution is 0.245. The molecule has 0 unspecified atom stereocenters. The van der Waals surface area contributed by atoms with Gasteiger partial charge in [-0.15, -0.1) is 0 Å². The summed E-state index contributed by atoms with van der Waals surface area (Å²) in [7, 11) is -2.27. The van der Waals surface area contributed by atoms with E-state index in [0.29, 0.717) is 0 Å². The van der Waals surface area contributed by atoms with Gasteiger partial charge in [0.15, 0.2) is 9.84 Å². The summed E-state index contributed by atoms with van der Waals surface area (Å²) < 4.78 is 23.3. The second-order valence-electron chi connectivity index (χ2n) is 7.14. The molecule has 0 amide bonds. The van der Waals surface area contributed by atoms with Gasteiger partial charge in [0.05, 0.1) is 13.3 Å². The molecule has 120 valence electrons. The molecule has 2 atom stereocenters. The van der Waals surface area contributed by atoms with Crippen molar-refractivity contribution in [1.29, 1.82) is 0 Å². The first kappa shape index (κ1) is 18.4. The van der Waals surface area contributed by atoms with Gasteiger partial charge in [-0.3, -0.25) is 4.90 Å². The summed E-state index contributed by atoms with van der Waals surface area (Å²) in [6.45, 7) is 11.5. The fourth-order valence-electron chi connectivity index (χ4n) is 2.26. The number of rotatable bonds is 6. The fraction of sp³-hybridized carbons (Fsp3) is 0.625. The molecule has 0 heterocycles. The maximum Gasteiger partial charge on any atom is 0.151 e. The summed E-state index contributed by atoms with van der Waals surface area (Å²) in [6.07, 6.45) is 1.31. The van der Waals surface area contributed by atoms with Crippen LogP contribution in [0.3, 0.4) is 0 Å². The molecule has 0 N–H and O–H groups in total. The number of nitrogens with zero attached hydrogens (tertiary/aromatic N) is 1. The topological polar surface area (TPSA) is 37.4 Å². The van der Waals surface area contributed by atoms with E-state index in [1.54, 1.807) is 6.92 Å². The predicted molar refractivity (Wildman–Crippen MR) is 94.7 cm³/mol. The summed E-state index contributed by atoms with van der Waals surface area (Å²) >= 11 is 0. The molecule has 5 heteroatoms. The Kier molecular flexibility index (Phi) is 5.81. The van der Waals surface area contributed by atoms with Gasteiger partial charge in [0.25, 0.3) is 0 Å². The molecular formula is C16H29NO2SSi. The minimum absolute atomic E-state index is 0.00309. The molecule has 21 heavy (non-hydrogen) atoms. The molecule has 0 aliphatic heterocycles. The minimum atomic E-state index is -3.00. The first-order chi connectivity index (χ1) is 9.43. The molecule has 0 fully saturated rings. The lowest BCUT2D eigenvalue weighted by atomic mass is 10.1. The fourth-order valence-corrected chi connectivity index (χ4v) is 4.35. The summed E-state index contributed by atoms with van der Waals surface area (Å²) in [5.74, 6) is 0. The minimum Gasteiger partial charge on any atom is -0.298 e. The number of sulfone groups is 1. The van der Waals surface area contributed by atoms with E-state index in [2.05, 4.69) is 48.8 Å². The van der Waals surface area contributed by atoms with E-state index in [9.17, 15) is 8.42 Å². The normalized spacial score (nSPS) is 16.0. The molecule has 0 aromatic heterocycles. The third-order valence-corrected chi connectivity index (χ3v) is 8.11. The van der Waals surface area contributed by atoms with Crippen LogP contribution in [-0.4, -0.2) is 46.0 Å². The standard InChI is InChI=1S/C16H29NO2SSi/c1-13(14(2)20(4,18)19)17(3)12-15-8-10-16(11-9-15)21(5,6)7/h8-11,13-14H,12H2,1-7H3/t13-,14-/m0/s1. The highest BCUT2D eigenvalue weighted by molar-refractivity contribution is 7.91. The van der Waals surface area contributed by atoms with E-state index in [1.165, 1.54) is 17.0 Å². The van der Waals surface area contributed by atoms with Crippen molar-refractivity contribution in [2.75, 3.05) is 13.3 Å². The number of hydrogen-bond acceptors (Lipinski definition) is 3. The van der Waals surface area contributed by atoms with Crippen LogP contribution in [0.1, 0.15) is 19.4 Å². The van der Waals surface area contributed by atoms with E-state index < -0.39 is 17.9 Å². The lowest BCUT2D eigenvalue weighted by Gasteiger charge is -2.29. The Hall–Kier alpha value is -0.653. The second-order valence-corrected chi connectivity index (χ2v) is 14.6. The maximum absolute atomic E-state index is 11.7. The maximum atomic E-state index is 11.7. The van der Waals surface area contributed by atoms with Crippen molar-refractivity contribution < 1.29 is 8.42 Å². The lowest BCUT2D eigenvalue weighted by Crippen LogP contribution is -2.41. The van der Waals surface area contributed by atoms with Crippen molar-refractivity contribution in [2.45, 2.75) is 51.3 Å². The molecule has 3 nitrogen and oxygen atoms in total. The third-order valence-electron chi connectivity index (χ3n) is 4.30. The number of benzene rings is 1. The van der Waals surface area contributed by atoms with E-state index in [0.717, 1.165) is 6.54 Å². The van der Waals surface area contributed by atoms with Crippen molar-refractivity contribution in [3.8, 4) is 0 Å². The molecule has 1 aromatic carbocycles. The Bertz CT molecular complexity index is 561. The van der Waals surface area contributed by atoms with Gasteiger partial charge < -0.3 is 0 Å². The Morgan fingerprint density at radius 3 is 1.95 bits per heavy atom. The highest BCUT2D eigenvalue weighted by Crippen LogP contribution is 2.13. The summed E-state index contributed by atoms with van der Waals surface area (Å²) in [4.78, 5) is 2.11. The summed E-state index contributed by atoms with van der Waals surface area (Å²) in [5.41, 5.74) is 1.23. The molecule has 0 spiro atoms. The van der Waals surface area contributed by atoms with Crippen LogP contribution in [0.15, 0.2) is 24.3 Å². The Balaban J connectivity index is 2.77. The largest absolute Gasteiger partial charge is 0.298 e. The van der Waals surface area contributed by atoms with E-state index >= 15 is 0 Å². The highest BCUT2D eigenvalue weighted by Gasteiger charge is 2.25. The average molecular weight is 328 g/mol. The molecular weight excluding hydrogens is 298 g/mol. The molecule has 0 bridgehead atoms. The van der Waals surface area contributed by atoms with Crippen LogP contribution in [0.2, 0.25) is 19.6 Å². The van der Waals surface area contributed by atoms with Gasteiger partial charge in [-0.25, -0.2) is 8.42 Å². The molecule has 1 aromatic rings. The Morgan fingerprint density at radius 2 is 1.57 bits per heavy atom. The van der Waals surface area contributed by atoms with Gasteiger partial charge in [0.1, 0.15) is 0 Å². The first-order valence-corrected chi connectivity index (χ1v) is 12.9. The Labute approximate surface area is 131 Å². The molecule has 0 aliphatic rings. The monoisotopic (exact) mass is 327 g/mol. The van der Waals surface area contributed by atoms with Crippen LogP contribution in [0.25, 0.3) is 0 Å². The van der Waals surface area contributed by atoms with Gasteiger partial charge >= 0.3 is 0 Å². The van der Waals surface area contributed by atoms with E-state index in [1.807, 2.05) is 14.0 Å². The van der Waals surface area contributed by atoms with Crippen molar-refractivity contribution in [2.24, 2.45) is 0 Å². The average Bonchev–Trinajstić information content (AvgIpc) is 2.35. The van der Waals surface area contributed by atoms with Crippen LogP contribution in [0, 0.1) is 0 Å². The predicted octanol–water partition coefficient (Wildman–Crippen LogP) is 2.49. The van der Waals surface area contributed by atoms with Gasteiger partial charge in [0.2, 0.25) is 0 Å². The van der Waals surface area contributed by atoms with Gasteiger partial charge in [-0.1, -0.05) is 49.1 Å². The zero-order valence-corrected chi connectivity index (χ0v) is 16.2. The van der Waals surface area contributed by atoms with Crippen LogP contribution in [-0.2, 0) is 16.4 Å². The van der Waals surface area contributed by atoms with Crippen molar-refractivity contribution in [3.05, 3.63) is 29.8 Å². The van der Waals surface area contributed by atoms with Crippen molar-refractivity contribution >= 4 is 23.1 Å². The van der Waals surface area contributed by atoms with Crippen molar-refractivity contribution in [3.63, 3.8) is 0 Å². The van der Waals surface area contributed by atoms with E-state index in [-0.39, 0.29) is 11.3 Å². The second kappa shape index (κ2) is 6.63. The Morgan fingerprint density at radius 1 is 1.10 bits per heavy atom. The molecule has 1 rings (SSSR count). The van der Waals surface area contributed by atoms with Crippen molar-refractivity contribution in [1.82, 2.24) is 4.90 Å². The smallest absolute Gasteiger partial charge is 0.151 e. The zero-order valence-electron chi connectivity index (χ0n) is 14.3. The first-order valence-electron chi connectivity index (χ1n) is 7.41. The zero-order chi connectivity index (χ0) is 16.4. The van der Waals surface area contributed by atoms with Gasteiger partial charge in [0, 0.05) is 18.8 Å². The quantitative estimate of drug-likeness (QED) is 0.753. The van der Waals surface area contributed by atoms with Crippen LogP contribution in [0.5, 0.6) is 0 Å². The molecule has 0 saturated heterocycles. The van der Waals surface area contributed by atoms with Gasteiger partial charge in [-0.2, -0.15) is 0 Å². The third kappa shape index (κ3) is 5.24. The van der Waals surface area contributed by atoms with E-state index in [4.69, 9.17) is 0 Å².